The largest absolute Gasteiger partial charge is 0.351 e. The highest BCUT2D eigenvalue weighted by Gasteiger charge is 2.26. The summed E-state index contributed by atoms with van der Waals surface area (Å²) in [7, 11) is 0. The zero-order valence-corrected chi connectivity index (χ0v) is 18.3. The van der Waals surface area contributed by atoms with Gasteiger partial charge in [-0.05, 0) is 54.7 Å². The van der Waals surface area contributed by atoms with Crippen molar-refractivity contribution in [1.29, 1.82) is 0 Å². The van der Waals surface area contributed by atoms with E-state index in [2.05, 4.69) is 21.5 Å². The van der Waals surface area contributed by atoms with E-state index in [-0.39, 0.29) is 5.91 Å². The van der Waals surface area contributed by atoms with E-state index in [9.17, 15) is 4.79 Å². The lowest BCUT2D eigenvalue weighted by molar-refractivity contribution is 0.0954. The second-order valence-electron chi connectivity index (χ2n) is 7.76. The number of amides is 1. The zero-order chi connectivity index (χ0) is 22.1. The highest BCUT2D eigenvalue weighted by atomic mass is 35.5. The molecule has 2 aromatic heterocycles. The van der Waals surface area contributed by atoms with E-state index in [1.165, 1.54) is 0 Å². The third kappa shape index (κ3) is 3.89. The molecule has 1 aliphatic rings. The Morgan fingerprint density at radius 2 is 1.94 bits per heavy atom. The van der Waals surface area contributed by atoms with Crippen molar-refractivity contribution in [2.45, 2.75) is 26.2 Å². The summed E-state index contributed by atoms with van der Waals surface area (Å²) < 4.78 is 5.14. The summed E-state index contributed by atoms with van der Waals surface area (Å²) in [6.45, 7) is 2.18. The molecule has 1 amide bonds. The number of carbonyl (C=O) groups excluding carboxylic acids is 1. The molecule has 6 nitrogen and oxygen atoms in total. The maximum Gasteiger partial charge on any atom is 0.252 e. The van der Waals surface area contributed by atoms with Crippen molar-refractivity contribution < 1.29 is 9.32 Å². The Morgan fingerprint density at radius 1 is 1.12 bits per heavy atom. The van der Waals surface area contributed by atoms with E-state index < -0.39 is 0 Å². The highest BCUT2D eigenvalue weighted by Crippen LogP contribution is 2.38. The number of rotatable bonds is 5. The van der Waals surface area contributed by atoms with Crippen LogP contribution < -0.4 is 5.32 Å². The molecule has 0 bridgehead atoms. The predicted molar refractivity (Wildman–Crippen MR) is 124 cm³/mol. The summed E-state index contributed by atoms with van der Waals surface area (Å²) >= 11 is 6.37. The molecule has 0 spiro atoms. The van der Waals surface area contributed by atoms with Gasteiger partial charge in [0.05, 0.1) is 16.8 Å². The first-order chi connectivity index (χ1) is 15.6. The molecule has 0 atom stereocenters. The lowest BCUT2D eigenvalue weighted by atomic mass is 10.00. The molecule has 0 fully saturated rings. The number of aromatic nitrogens is 3. The second kappa shape index (κ2) is 8.55. The quantitative estimate of drug-likeness (QED) is 0.466. The SMILES string of the molecule is Cc1noc(CCNC(=O)c2c3c(nc4ccccc24)/C(=C\c2ccccc2Cl)CC3)n1. The van der Waals surface area contributed by atoms with Crippen LogP contribution in [0.5, 0.6) is 0 Å². The Balaban J connectivity index is 1.50. The van der Waals surface area contributed by atoms with Crippen molar-refractivity contribution in [1.82, 2.24) is 20.4 Å². The summed E-state index contributed by atoms with van der Waals surface area (Å²) in [6, 6.07) is 15.5. The van der Waals surface area contributed by atoms with Gasteiger partial charge in [-0.25, -0.2) is 4.98 Å². The fourth-order valence-electron chi connectivity index (χ4n) is 4.13. The molecule has 1 aliphatic carbocycles. The van der Waals surface area contributed by atoms with Gasteiger partial charge >= 0.3 is 0 Å². The van der Waals surface area contributed by atoms with Crippen molar-refractivity contribution >= 4 is 40.1 Å². The summed E-state index contributed by atoms with van der Waals surface area (Å²) in [5.74, 6) is 0.981. The molecule has 4 aromatic rings. The van der Waals surface area contributed by atoms with Crippen molar-refractivity contribution in [3.05, 3.63) is 87.7 Å². The third-order valence-corrected chi connectivity index (χ3v) is 5.94. The number of nitrogens with one attached hydrogen (secondary N) is 1. The molecule has 2 aromatic carbocycles. The van der Waals surface area contributed by atoms with Gasteiger partial charge < -0.3 is 9.84 Å². The Bertz CT molecular complexity index is 1360. The van der Waals surface area contributed by atoms with E-state index in [1.54, 1.807) is 6.92 Å². The van der Waals surface area contributed by atoms with Crippen LogP contribution in [0, 0.1) is 6.92 Å². The molecule has 160 valence electrons. The fraction of sp³-hybridized carbons (Fsp3) is 0.200. The first kappa shape index (κ1) is 20.4. The number of hydrogen-bond acceptors (Lipinski definition) is 5. The maximum atomic E-state index is 13.3. The Hall–Kier alpha value is -3.51. The Labute approximate surface area is 190 Å². The standard InChI is InChI=1S/C25H21ClN4O2/c1-15-28-22(32-30-15)12-13-27-25(31)23-18-7-3-5-9-21(18)29-24-17(10-11-19(23)24)14-16-6-2-4-8-20(16)26/h2-9,14H,10-13H2,1H3,(H,27,31)/b17-14-. The number of para-hydroxylation sites is 1. The molecule has 0 aliphatic heterocycles. The first-order valence-electron chi connectivity index (χ1n) is 10.5. The minimum absolute atomic E-state index is 0.116. The number of pyridine rings is 1. The van der Waals surface area contributed by atoms with E-state index in [0.29, 0.717) is 35.3 Å². The van der Waals surface area contributed by atoms with Gasteiger partial charge in [-0.2, -0.15) is 4.98 Å². The normalized spacial score (nSPS) is 14.1. The molecule has 1 N–H and O–H groups in total. The fourth-order valence-corrected chi connectivity index (χ4v) is 4.32. The molecule has 0 saturated heterocycles. The number of nitrogens with zero attached hydrogens (tertiary/aromatic N) is 3. The number of aryl methyl sites for hydroxylation is 1. The number of carbonyl (C=O) groups is 1. The molecule has 2 heterocycles. The van der Waals surface area contributed by atoms with Gasteiger partial charge in [-0.15, -0.1) is 0 Å². The smallest absolute Gasteiger partial charge is 0.252 e. The lowest BCUT2D eigenvalue weighted by Crippen LogP contribution is -2.27. The first-order valence-corrected chi connectivity index (χ1v) is 10.9. The predicted octanol–water partition coefficient (Wildman–Crippen LogP) is 5.04. The van der Waals surface area contributed by atoms with Gasteiger partial charge in [-0.1, -0.05) is 53.2 Å². The van der Waals surface area contributed by atoms with Crippen LogP contribution in [-0.4, -0.2) is 27.6 Å². The molecular weight excluding hydrogens is 424 g/mol. The van der Waals surface area contributed by atoms with E-state index >= 15 is 0 Å². The van der Waals surface area contributed by atoms with Gasteiger partial charge in [-0.3, -0.25) is 4.79 Å². The number of hydrogen-bond donors (Lipinski definition) is 1. The van der Waals surface area contributed by atoms with Crippen LogP contribution in [0.2, 0.25) is 5.02 Å². The van der Waals surface area contributed by atoms with Gasteiger partial charge in [0.2, 0.25) is 5.89 Å². The topological polar surface area (TPSA) is 80.9 Å². The van der Waals surface area contributed by atoms with Crippen molar-refractivity contribution in [2.24, 2.45) is 0 Å². The van der Waals surface area contributed by atoms with E-state index in [1.807, 2.05) is 48.5 Å². The summed E-state index contributed by atoms with van der Waals surface area (Å²) in [5.41, 5.74) is 5.39. The maximum absolute atomic E-state index is 13.3. The van der Waals surface area contributed by atoms with Crippen LogP contribution in [0.25, 0.3) is 22.6 Å². The highest BCUT2D eigenvalue weighted by molar-refractivity contribution is 6.32. The van der Waals surface area contributed by atoms with Gasteiger partial charge in [0.1, 0.15) is 0 Å². The molecular formula is C25H21ClN4O2. The summed E-state index contributed by atoms with van der Waals surface area (Å²) in [4.78, 5) is 22.4. The monoisotopic (exact) mass is 444 g/mol. The number of halogens is 1. The molecule has 0 saturated carbocycles. The van der Waals surface area contributed by atoms with Crippen LogP contribution >= 0.6 is 11.6 Å². The Kier molecular flexibility index (Phi) is 5.45. The van der Waals surface area contributed by atoms with Crippen LogP contribution in [0.15, 0.2) is 53.1 Å². The van der Waals surface area contributed by atoms with Gasteiger partial charge in [0.25, 0.3) is 5.91 Å². The minimum Gasteiger partial charge on any atom is -0.351 e. The van der Waals surface area contributed by atoms with Gasteiger partial charge in [0, 0.05) is 23.4 Å². The number of fused-ring (bicyclic) bond motifs is 2. The lowest BCUT2D eigenvalue weighted by Gasteiger charge is -2.12. The average Bonchev–Trinajstić information content (AvgIpc) is 3.39. The molecule has 7 heteroatoms. The number of benzene rings is 2. The second-order valence-corrected chi connectivity index (χ2v) is 8.17. The zero-order valence-electron chi connectivity index (χ0n) is 17.6. The minimum atomic E-state index is -0.116. The molecule has 5 rings (SSSR count). The molecule has 0 radical (unpaired) electrons. The van der Waals surface area contributed by atoms with E-state index in [4.69, 9.17) is 21.1 Å². The van der Waals surface area contributed by atoms with Crippen LogP contribution in [0.3, 0.4) is 0 Å². The van der Waals surface area contributed by atoms with Crippen molar-refractivity contribution in [3.8, 4) is 0 Å². The summed E-state index contributed by atoms with van der Waals surface area (Å²) in [6.07, 6.45) is 4.13. The van der Waals surface area contributed by atoms with Crippen molar-refractivity contribution in [2.75, 3.05) is 6.54 Å². The Morgan fingerprint density at radius 3 is 2.75 bits per heavy atom. The third-order valence-electron chi connectivity index (χ3n) is 5.60. The van der Waals surface area contributed by atoms with E-state index in [0.717, 1.165) is 46.1 Å². The van der Waals surface area contributed by atoms with Crippen LogP contribution in [0.4, 0.5) is 0 Å². The molecule has 32 heavy (non-hydrogen) atoms. The van der Waals surface area contributed by atoms with Crippen molar-refractivity contribution in [3.63, 3.8) is 0 Å². The average molecular weight is 445 g/mol. The number of allylic oxidation sites excluding steroid dienone is 1. The van der Waals surface area contributed by atoms with Crippen LogP contribution in [0.1, 0.15) is 45.3 Å². The summed E-state index contributed by atoms with van der Waals surface area (Å²) in [5, 5.41) is 8.36. The molecule has 0 unspecified atom stereocenters. The van der Waals surface area contributed by atoms with Crippen LogP contribution in [-0.2, 0) is 12.8 Å². The van der Waals surface area contributed by atoms with Gasteiger partial charge in [0.15, 0.2) is 5.82 Å².